The van der Waals surface area contributed by atoms with Gasteiger partial charge >= 0.3 is 0 Å². The van der Waals surface area contributed by atoms with Crippen molar-refractivity contribution in [3.05, 3.63) is 28.5 Å². The van der Waals surface area contributed by atoms with Gasteiger partial charge in [-0.1, -0.05) is 21.1 Å². The lowest BCUT2D eigenvalue weighted by molar-refractivity contribution is 0.308. The van der Waals surface area contributed by atoms with E-state index in [1.165, 1.54) is 12.1 Å². The van der Waals surface area contributed by atoms with Gasteiger partial charge in [0.05, 0.1) is 0 Å². The normalized spacial score (nSPS) is 10.8. The van der Waals surface area contributed by atoms with Crippen molar-refractivity contribution in [2.45, 2.75) is 0 Å². The largest absolute Gasteiger partial charge is 0.379 e. The highest BCUT2D eigenvalue weighted by Gasteiger charge is 2.18. The SMILES string of the molecule is Nc1nonc1-c1nc(-c2cc(F)cc(Br)c2)no1. The number of nitrogen functional groups attached to an aromatic ring is 1. The summed E-state index contributed by atoms with van der Waals surface area (Å²) in [5.41, 5.74) is 6.11. The Morgan fingerprint density at radius 2 is 2.00 bits per heavy atom. The Kier molecular flexibility index (Phi) is 2.75. The molecule has 0 amide bonds. The second-order valence-corrected chi connectivity index (χ2v) is 4.50. The van der Waals surface area contributed by atoms with E-state index in [0.717, 1.165) is 0 Å². The van der Waals surface area contributed by atoms with Crippen LogP contribution in [0.4, 0.5) is 10.2 Å². The lowest BCUT2D eigenvalue weighted by Gasteiger charge is -1.96. The molecule has 7 nitrogen and oxygen atoms in total. The second kappa shape index (κ2) is 4.43. The number of benzene rings is 1. The van der Waals surface area contributed by atoms with Crippen LogP contribution in [0.15, 0.2) is 31.8 Å². The Bertz CT molecular complexity index is 721. The highest BCUT2D eigenvalue weighted by molar-refractivity contribution is 9.10. The van der Waals surface area contributed by atoms with Crippen LogP contribution in [0, 0.1) is 5.82 Å². The van der Waals surface area contributed by atoms with Gasteiger partial charge in [0.25, 0.3) is 5.89 Å². The van der Waals surface area contributed by atoms with Crippen molar-refractivity contribution >= 4 is 21.7 Å². The van der Waals surface area contributed by atoms with Crippen molar-refractivity contribution in [1.29, 1.82) is 0 Å². The van der Waals surface area contributed by atoms with E-state index in [4.69, 9.17) is 10.3 Å². The van der Waals surface area contributed by atoms with Crippen LogP contribution in [0.3, 0.4) is 0 Å². The molecule has 3 rings (SSSR count). The van der Waals surface area contributed by atoms with Gasteiger partial charge in [-0.2, -0.15) is 4.98 Å². The summed E-state index contributed by atoms with van der Waals surface area (Å²) in [6.45, 7) is 0. The third kappa shape index (κ3) is 2.19. The molecule has 0 radical (unpaired) electrons. The van der Waals surface area contributed by atoms with Crippen LogP contribution < -0.4 is 5.73 Å². The molecule has 9 heteroatoms. The first-order valence-corrected chi connectivity index (χ1v) is 5.81. The van der Waals surface area contributed by atoms with Crippen LogP contribution in [0.2, 0.25) is 0 Å². The standard InChI is InChI=1S/C10H5BrFN5O2/c11-5-1-4(2-6(12)3-5)9-14-10(18-17-9)7-8(13)16-19-15-7/h1-3H,(H2,13,16). The zero-order valence-electron chi connectivity index (χ0n) is 9.17. The molecule has 0 aliphatic rings. The Morgan fingerprint density at radius 1 is 1.16 bits per heavy atom. The molecule has 0 saturated heterocycles. The molecule has 0 atom stereocenters. The summed E-state index contributed by atoms with van der Waals surface area (Å²) in [5.74, 6) is -0.124. The maximum Gasteiger partial charge on any atom is 0.284 e. The topological polar surface area (TPSA) is 104 Å². The number of halogens is 2. The van der Waals surface area contributed by atoms with E-state index in [9.17, 15) is 4.39 Å². The number of anilines is 1. The molecular formula is C10H5BrFN5O2. The minimum absolute atomic E-state index is 0.0376. The predicted octanol–water partition coefficient (Wildman–Crippen LogP) is 2.27. The van der Waals surface area contributed by atoms with Gasteiger partial charge in [-0.05, 0) is 28.5 Å². The second-order valence-electron chi connectivity index (χ2n) is 3.58. The molecule has 3 aromatic rings. The minimum atomic E-state index is -0.418. The first-order valence-electron chi connectivity index (χ1n) is 5.02. The maximum absolute atomic E-state index is 13.3. The highest BCUT2D eigenvalue weighted by atomic mass is 79.9. The van der Waals surface area contributed by atoms with E-state index in [2.05, 4.69) is 41.0 Å². The molecule has 1 aromatic carbocycles. The van der Waals surface area contributed by atoms with Crippen LogP contribution in [0.1, 0.15) is 0 Å². The van der Waals surface area contributed by atoms with Crippen LogP contribution in [-0.4, -0.2) is 20.5 Å². The number of hydrogen-bond donors (Lipinski definition) is 1. The molecule has 2 N–H and O–H groups in total. The summed E-state index contributed by atoms with van der Waals surface area (Å²) < 4.78 is 23.3. The van der Waals surface area contributed by atoms with Crippen molar-refractivity contribution in [2.75, 3.05) is 5.73 Å². The summed E-state index contributed by atoms with van der Waals surface area (Å²) in [5, 5.41) is 10.7. The van der Waals surface area contributed by atoms with E-state index in [-0.39, 0.29) is 23.2 Å². The lowest BCUT2D eigenvalue weighted by atomic mass is 10.2. The van der Waals surface area contributed by atoms with Gasteiger partial charge in [0.2, 0.25) is 17.3 Å². The molecule has 2 heterocycles. The average molecular weight is 326 g/mol. The molecule has 19 heavy (non-hydrogen) atoms. The smallest absolute Gasteiger partial charge is 0.284 e. The number of aromatic nitrogens is 4. The van der Waals surface area contributed by atoms with Gasteiger partial charge in [0.1, 0.15) is 5.82 Å². The van der Waals surface area contributed by atoms with Gasteiger partial charge in [-0.3, -0.25) is 0 Å². The molecule has 0 aliphatic carbocycles. The summed E-state index contributed by atoms with van der Waals surface area (Å²) in [6.07, 6.45) is 0. The van der Waals surface area contributed by atoms with E-state index >= 15 is 0 Å². The fraction of sp³-hybridized carbons (Fsp3) is 0. The number of nitrogens with zero attached hydrogens (tertiary/aromatic N) is 4. The third-order valence-electron chi connectivity index (χ3n) is 2.26. The zero-order chi connectivity index (χ0) is 13.4. The number of hydrogen-bond acceptors (Lipinski definition) is 7. The van der Waals surface area contributed by atoms with Crippen LogP contribution in [0.5, 0.6) is 0 Å². The van der Waals surface area contributed by atoms with Gasteiger partial charge in [-0.15, -0.1) is 0 Å². The Morgan fingerprint density at radius 3 is 2.68 bits per heavy atom. The van der Waals surface area contributed by atoms with E-state index in [1.807, 2.05) is 0 Å². The summed E-state index contributed by atoms with van der Waals surface area (Å²) >= 11 is 3.18. The van der Waals surface area contributed by atoms with Crippen LogP contribution >= 0.6 is 15.9 Å². The van der Waals surface area contributed by atoms with Crippen molar-refractivity contribution in [1.82, 2.24) is 20.5 Å². The van der Waals surface area contributed by atoms with Gasteiger partial charge < -0.3 is 10.3 Å². The molecule has 2 aromatic heterocycles. The van der Waals surface area contributed by atoms with Gasteiger partial charge in [0, 0.05) is 10.0 Å². The number of nitrogens with two attached hydrogens (primary N) is 1. The summed E-state index contributed by atoms with van der Waals surface area (Å²) in [7, 11) is 0. The Balaban J connectivity index is 2.04. The summed E-state index contributed by atoms with van der Waals surface area (Å²) in [4.78, 5) is 4.06. The molecule has 0 unspecified atom stereocenters. The highest BCUT2D eigenvalue weighted by Crippen LogP contribution is 2.26. The molecule has 0 saturated carbocycles. The summed E-state index contributed by atoms with van der Waals surface area (Å²) in [6, 6.07) is 4.26. The first-order chi connectivity index (χ1) is 9.13. The predicted molar refractivity (Wildman–Crippen MR) is 65.1 cm³/mol. The van der Waals surface area contributed by atoms with Gasteiger partial charge in [-0.25, -0.2) is 9.02 Å². The molecule has 0 spiro atoms. The quantitative estimate of drug-likeness (QED) is 0.770. The molecule has 0 bridgehead atoms. The van der Waals surface area contributed by atoms with E-state index in [1.54, 1.807) is 6.07 Å². The van der Waals surface area contributed by atoms with Crippen molar-refractivity contribution in [3.63, 3.8) is 0 Å². The van der Waals surface area contributed by atoms with Crippen molar-refractivity contribution in [3.8, 4) is 23.0 Å². The minimum Gasteiger partial charge on any atom is -0.379 e. The fourth-order valence-corrected chi connectivity index (χ4v) is 1.93. The Hall–Kier alpha value is -2.29. The lowest BCUT2D eigenvalue weighted by Crippen LogP contribution is -1.88. The Labute approximate surface area is 113 Å². The van der Waals surface area contributed by atoms with E-state index in [0.29, 0.717) is 10.0 Å². The average Bonchev–Trinajstić information content (AvgIpc) is 2.95. The molecular weight excluding hydrogens is 321 g/mol. The van der Waals surface area contributed by atoms with Crippen LogP contribution in [-0.2, 0) is 0 Å². The maximum atomic E-state index is 13.3. The number of rotatable bonds is 2. The fourth-order valence-electron chi connectivity index (χ4n) is 1.46. The van der Waals surface area contributed by atoms with Crippen molar-refractivity contribution < 1.29 is 13.5 Å². The molecule has 0 aliphatic heterocycles. The molecule has 96 valence electrons. The van der Waals surface area contributed by atoms with E-state index < -0.39 is 5.82 Å². The van der Waals surface area contributed by atoms with Crippen LogP contribution in [0.25, 0.3) is 23.0 Å². The van der Waals surface area contributed by atoms with Gasteiger partial charge in [0.15, 0.2) is 0 Å². The third-order valence-corrected chi connectivity index (χ3v) is 2.72. The monoisotopic (exact) mass is 325 g/mol. The van der Waals surface area contributed by atoms with Crippen molar-refractivity contribution in [2.24, 2.45) is 0 Å². The zero-order valence-corrected chi connectivity index (χ0v) is 10.8. The first kappa shape index (κ1) is 11.8. The molecule has 0 fully saturated rings.